The van der Waals surface area contributed by atoms with Crippen LogP contribution in [0.5, 0.6) is 5.75 Å². The molecular weight excluding hydrogens is 286 g/mol. The normalized spacial score (nSPS) is 11.0. The summed E-state index contributed by atoms with van der Waals surface area (Å²) in [5.74, 6) is 0.921. The van der Waals surface area contributed by atoms with E-state index in [-0.39, 0.29) is 0 Å². The van der Waals surface area contributed by atoms with Crippen molar-refractivity contribution >= 4 is 11.6 Å². The van der Waals surface area contributed by atoms with E-state index in [9.17, 15) is 0 Å². The average molecular weight is 308 g/mol. The second-order valence-corrected chi connectivity index (χ2v) is 5.73. The molecule has 0 aliphatic carbocycles. The predicted molar refractivity (Wildman–Crippen MR) is 86.0 cm³/mol. The Morgan fingerprint density at radius 1 is 1.24 bits per heavy atom. The number of nitrogens with zero attached hydrogens (tertiary/aromatic N) is 2. The lowest BCUT2D eigenvalue weighted by Crippen LogP contribution is -2.08. The molecule has 0 fully saturated rings. The van der Waals surface area contributed by atoms with Gasteiger partial charge in [0.2, 0.25) is 0 Å². The molecule has 1 N–H and O–H groups in total. The Morgan fingerprint density at radius 3 is 2.33 bits per heavy atom. The minimum atomic E-state index is 0.420. The van der Waals surface area contributed by atoms with Crippen LogP contribution >= 0.6 is 11.6 Å². The molecule has 0 saturated carbocycles. The molecule has 114 valence electrons. The third kappa shape index (κ3) is 3.39. The Morgan fingerprint density at radius 2 is 1.86 bits per heavy atom. The van der Waals surface area contributed by atoms with Crippen LogP contribution in [0.3, 0.4) is 0 Å². The second kappa shape index (κ2) is 6.50. The Kier molecular flexibility index (Phi) is 4.91. The number of ether oxygens (including phenoxy) is 1. The summed E-state index contributed by atoms with van der Waals surface area (Å²) in [6.45, 7) is 7.31. The monoisotopic (exact) mass is 307 g/mol. The zero-order valence-electron chi connectivity index (χ0n) is 13.2. The Hall–Kier alpha value is -1.52. The van der Waals surface area contributed by atoms with Crippen LogP contribution in [0.15, 0.2) is 12.1 Å². The maximum Gasteiger partial charge on any atom is 0.131 e. The molecule has 0 amide bonds. The fourth-order valence-electron chi connectivity index (χ4n) is 2.55. The topological polar surface area (TPSA) is 39.1 Å². The fourth-order valence-corrected chi connectivity index (χ4v) is 2.77. The van der Waals surface area contributed by atoms with E-state index >= 15 is 0 Å². The summed E-state index contributed by atoms with van der Waals surface area (Å²) in [4.78, 5) is 0. The lowest BCUT2D eigenvalue weighted by molar-refractivity contribution is 0.291. The number of halogens is 1. The lowest BCUT2D eigenvalue weighted by atomic mass is 10.1. The van der Waals surface area contributed by atoms with Gasteiger partial charge in [-0.25, -0.2) is 0 Å². The molecule has 1 aromatic carbocycles. The van der Waals surface area contributed by atoms with Crippen LogP contribution in [-0.4, -0.2) is 16.8 Å². The first-order valence-corrected chi connectivity index (χ1v) is 7.37. The van der Waals surface area contributed by atoms with Crippen molar-refractivity contribution in [3.8, 4) is 5.75 Å². The van der Waals surface area contributed by atoms with Crippen molar-refractivity contribution < 1.29 is 4.74 Å². The summed E-state index contributed by atoms with van der Waals surface area (Å²) in [6, 6.07) is 4.30. The van der Waals surface area contributed by atoms with Gasteiger partial charge < -0.3 is 10.1 Å². The van der Waals surface area contributed by atoms with Gasteiger partial charge in [-0.05, 0) is 44.5 Å². The zero-order chi connectivity index (χ0) is 15.6. The van der Waals surface area contributed by atoms with Crippen molar-refractivity contribution in [3.63, 3.8) is 0 Å². The molecule has 5 heteroatoms. The van der Waals surface area contributed by atoms with E-state index in [1.807, 2.05) is 21.0 Å². The molecule has 1 aromatic heterocycles. The lowest BCUT2D eigenvalue weighted by Gasteiger charge is -2.14. The third-order valence-corrected chi connectivity index (χ3v) is 4.01. The van der Waals surface area contributed by atoms with E-state index < -0.39 is 0 Å². The fraction of sp³-hybridized carbons (Fsp3) is 0.438. The standard InChI is InChI=1S/C16H22ClN3O/c1-10-6-13(8-18-4)7-11(2)16(10)21-9-14-15(17)12(3)19-20(14)5/h6-7,18H,8-9H2,1-5H3. The number of nitrogens with one attached hydrogen (secondary N) is 1. The number of hydrogen-bond donors (Lipinski definition) is 1. The molecule has 4 nitrogen and oxygen atoms in total. The van der Waals surface area contributed by atoms with Crippen molar-refractivity contribution in [2.45, 2.75) is 33.9 Å². The quantitative estimate of drug-likeness (QED) is 0.921. The van der Waals surface area contributed by atoms with Crippen LogP contribution in [0.4, 0.5) is 0 Å². The summed E-state index contributed by atoms with van der Waals surface area (Å²) < 4.78 is 7.77. The first-order chi connectivity index (χ1) is 9.93. The summed E-state index contributed by atoms with van der Waals surface area (Å²) >= 11 is 6.25. The summed E-state index contributed by atoms with van der Waals surface area (Å²) in [6.07, 6.45) is 0. The Bertz CT molecular complexity index is 626. The molecule has 21 heavy (non-hydrogen) atoms. The molecule has 0 radical (unpaired) electrons. The van der Waals surface area contributed by atoms with Crippen molar-refractivity contribution in [2.75, 3.05) is 7.05 Å². The van der Waals surface area contributed by atoms with Gasteiger partial charge in [0.1, 0.15) is 12.4 Å². The maximum atomic E-state index is 6.25. The summed E-state index contributed by atoms with van der Waals surface area (Å²) in [5, 5.41) is 8.15. The van der Waals surface area contributed by atoms with E-state index in [0.717, 1.165) is 34.8 Å². The van der Waals surface area contributed by atoms with Gasteiger partial charge in [-0.3, -0.25) is 4.68 Å². The highest BCUT2D eigenvalue weighted by molar-refractivity contribution is 6.31. The van der Waals surface area contributed by atoms with Gasteiger partial charge in [0.15, 0.2) is 0 Å². The van der Waals surface area contributed by atoms with E-state index in [0.29, 0.717) is 11.6 Å². The van der Waals surface area contributed by atoms with Crippen molar-refractivity contribution in [3.05, 3.63) is 45.2 Å². The van der Waals surface area contributed by atoms with Gasteiger partial charge in [-0.1, -0.05) is 23.7 Å². The van der Waals surface area contributed by atoms with Crippen LogP contribution < -0.4 is 10.1 Å². The Labute approximate surface area is 131 Å². The van der Waals surface area contributed by atoms with Crippen molar-refractivity contribution in [1.82, 2.24) is 15.1 Å². The predicted octanol–water partition coefficient (Wildman–Crippen LogP) is 3.30. The van der Waals surface area contributed by atoms with Crippen LogP contribution in [0, 0.1) is 20.8 Å². The molecule has 0 aliphatic heterocycles. The zero-order valence-corrected chi connectivity index (χ0v) is 14.0. The SMILES string of the molecule is CNCc1cc(C)c(OCc2c(Cl)c(C)nn2C)c(C)c1. The highest BCUT2D eigenvalue weighted by atomic mass is 35.5. The molecule has 0 spiro atoms. The number of benzene rings is 1. The molecular formula is C16H22ClN3O. The van der Waals surface area contributed by atoms with E-state index in [1.165, 1.54) is 5.56 Å². The summed E-state index contributed by atoms with van der Waals surface area (Å²) in [5.41, 5.74) is 5.25. The molecule has 0 bridgehead atoms. The number of aromatic nitrogens is 2. The maximum absolute atomic E-state index is 6.25. The van der Waals surface area contributed by atoms with Gasteiger partial charge in [-0.15, -0.1) is 0 Å². The number of rotatable bonds is 5. The van der Waals surface area contributed by atoms with Crippen LogP contribution in [0.25, 0.3) is 0 Å². The van der Waals surface area contributed by atoms with Crippen molar-refractivity contribution in [1.29, 1.82) is 0 Å². The van der Waals surface area contributed by atoms with E-state index in [4.69, 9.17) is 16.3 Å². The molecule has 0 saturated heterocycles. The van der Waals surface area contributed by atoms with Gasteiger partial charge in [0, 0.05) is 13.6 Å². The van der Waals surface area contributed by atoms with Crippen LogP contribution in [-0.2, 0) is 20.2 Å². The van der Waals surface area contributed by atoms with E-state index in [1.54, 1.807) is 4.68 Å². The van der Waals surface area contributed by atoms with Gasteiger partial charge >= 0.3 is 0 Å². The first-order valence-electron chi connectivity index (χ1n) is 6.99. The first kappa shape index (κ1) is 15.9. The molecule has 2 rings (SSSR count). The summed E-state index contributed by atoms with van der Waals surface area (Å²) in [7, 11) is 3.83. The third-order valence-electron chi connectivity index (χ3n) is 3.52. The Balaban J connectivity index is 2.20. The minimum absolute atomic E-state index is 0.420. The highest BCUT2D eigenvalue weighted by Crippen LogP contribution is 2.27. The van der Waals surface area contributed by atoms with Crippen molar-refractivity contribution in [2.24, 2.45) is 7.05 Å². The highest BCUT2D eigenvalue weighted by Gasteiger charge is 2.13. The molecule has 0 aliphatic rings. The number of hydrogen-bond acceptors (Lipinski definition) is 3. The van der Waals surface area contributed by atoms with Crippen LogP contribution in [0.1, 0.15) is 28.1 Å². The molecule has 1 heterocycles. The molecule has 0 atom stereocenters. The molecule has 0 unspecified atom stereocenters. The van der Waals surface area contributed by atoms with Gasteiger partial charge in [0.25, 0.3) is 0 Å². The smallest absolute Gasteiger partial charge is 0.131 e. The molecule has 2 aromatic rings. The van der Waals surface area contributed by atoms with E-state index in [2.05, 4.69) is 36.4 Å². The van der Waals surface area contributed by atoms with Crippen LogP contribution in [0.2, 0.25) is 5.02 Å². The average Bonchev–Trinajstić information content (AvgIpc) is 2.64. The van der Waals surface area contributed by atoms with Gasteiger partial charge in [-0.2, -0.15) is 5.10 Å². The minimum Gasteiger partial charge on any atom is -0.487 e. The number of aryl methyl sites for hydroxylation is 4. The second-order valence-electron chi connectivity index (χ2n) is 5.35. The largest absolute Gasteiger partial charge is 0.487 e. The van der Waals surface area contributed by atoms with Gasteiger partial charge in [0.05, 0.1) is 16.4 Å².